The van der Waals surface area contributed by atoms with Crippen molar-refractivity contribution in [2.45, 2.75) is 64.0 Å². The number of rotatable bonds is 1. The van der Waals surface area contributed by atoms with Crippen LogP contribution in [0.2, 0.25) is 0 Å². The summed E-state index contributed by atoms with van der Waals surface area (Å²) in [5.41, 5.74) is 0.0898. The van der Waals surface area contributed by atoms with Crippen molar-refractivity contribution in [2.24, 2.45) is 23.7 Å². The quantitative estimate of drug-likeness (QED) is 0.698. The summed E-state index contributed by atoms with van der Waals surface area (Å²) in [6, 6.07) is 0. The van der Waals surface area contributed by atoms with Gasteiger partial charge in [0.2, 0.25) is 0 Å². The molecule has 0 radical (unpaired) electrons. The molecular formula is C18H27NO3. The van der Waals surface area contributed by atoms with Crippen LogP contribution in [0.15, 0.2) is 0 Å². The number of ketones is 1. The predicted molar refractivity (Wildman–Crippen MR) is 82.2 cm³/mol. The molecule has 0 aromatic heterocycles. The van der Waals surface area contributed by atoms with Gasteiger partial charge in [-0.25, -0.2) is 0 Å². The molecule has 1 spiro atoms. The number of piperidine rings is 2. The van der Waals surface area contributed by atoms with E-state index in [0.717, 1.165) is 32.4 Å². The zero-order chi connectivity index (χ0) is 15.5. The Hall–Kier alpha value is -0.900. The highest BCUT2D eigenvalue weighted by Crippen LogP contribution is 2.59. The number of Topliss-reactive ketones (excluding diaryl/α,β-unsaturated/α-hetero) is 1. The van der Waals surface area contributed by atoms with Crippen molar-refractivity contribution in [2.75, 3.05) is 13.1 Å². The number of hydrogen-bond acceptors (Lipinski definition) is 4. The van der Waals surface area contributed by atoms with E-state index in [4.69, 9.17) is 4.74 Å². The van der Waals surface area contributed by atoms with E-state index in [0.29, 0.717) is 24.0 Å². The van der Waals surface area contributed by atoms with E-state index >= 15 is 0 Å². The van der Waals surface area contributed by atoms with E-state index < -0.39 is 0 Å². The van der Waals surface area contributed by atoms with E-state index in [1.165, 1.54) is 19.8 Å². The number of ether oxygens (including phenoxy) is 1. The summed E-state index contributed by atoms with van der Waals surface area (Å²) in [5, 5.41) is 0. The van der Waals surface area contributed by atoms with Crippen molar-refractivity contribution in [3.63, 3.8) is 0 Å². The molecule has 2 heterocycles. The van der Waals surface area contributed by atoms with Crippen LogP contribution in [0.25, 0.3) is 0 Å². The fraction of sp³-hybridized carbons (Fsp3) is 0.889. The molecule has 22 heavy (non-hydrogen) atoms. The Morgan fingerprint density at radius 2 is 2.00 bits per heavy atom. The molecule has 4 fully saturated rings. The van der Waals surface area contributed by atoms with E-state index in [-0.39, 0.29) is 29.4 Å². The third-order valence-electron chi connectivity index (χ3n) is 6.97. The number of esters is 1. The number of carbonyl (C=O) groups is 2. The molecule has 0 unspecified atom stereocenters. The van der Waals surface area contributed by atoms with Gasteiger partial charge in [0.15, 0.2) is 0 Å². The maximum Gasteiger partial charge on any atom is 0.302 e. The van der Waals surface area contributed by atoms with Crippen LogP contribution in [0, 0.1) is 23.7 Å². The van der Waals surface area contributed by atoms with E-state index in [1.54, 1.807) is 0 Å². The third kappa shape index (κ3) is 1.85. The summed E-state index contributed by atoms with van der Waals surface area (Å²) in [4.78, 5) is 27.0. The first-order chi connectivity index (χ1) is 10.5. The van der Waals surface area contributed by atoms with Gasteiger partial charge in [-0.3, -0.25) is 14.5 Å². The third-order valence-corrected chi connectivity index (χ3v) is 6.97. The zero-order valence-electron chi connectivity index (χ0n) is 13.7. The summed E-state index contributed by atoms with van der Waals surface area (Å²) < 4.78 is 5.70. The highest BCUT2D eigenvalue weighted by Gasteiger charge is 2.65. The molecule has 4 aliphatic rings. The van der Waals surface area contributed by atoms with Crippen LogP contribution in [0.5, 0.6) is 0 Å². The molecule has 2 aliphatic heterocycles. The van der Waals surface area contributed by atoms with Gasteiger partial charge < -0.3 is 4.74 Å². The Balaban J connectivity index is 1.76. The van der Waals surface area contributed by atoms with E-state index in [9.17, 15) is 9.59 Å². The monoisotopic (exact) mass is 305 g/mol. The average Bonchev–Trinajstić information content (AvgIpc) is 2.47. The molecule has 2 aliphatic carbocycles. The first-order valence-electron chi connectivity index (χ1n) is 8.99. The lowest BCUT2D eigenvalue weighted by molar-refractivity contribution is -0.204. The molecule has 4 nitrogen and oxygen atoms in total. The summed E-state index contributed by atoms with van der Waals surface area (Å²) >= 11 is 0. The van der Waals surface area contributed by atoms with Gasteiger partial charge in [0.1, 0.15) is 11.9 Å². The number of hydrogen-bond donors (Lipinski definition) is 0. The molecule has 2 bridgehead atoms. The second-order valence-electron chi connectivity index (χ2n) is 8.01. The van der Waals surface area contributed by atoms with Crippen LogP contribution in [0.1, 0.15) is 52.4 Å². The van der Waals surface area contributed by atoms with Gasteiger partial charge in [-0.2, -0.15) is 0 Å². The SMILES string of the molecule is CC(=O)O[C@@H]1[C@@H]2CC(=O)[C@@H]3CCCN4CCC[C@H]2[C@@]34C[C@H]1C. The fourth-order valence-corrected chi connectivity index (χ4v) is 6.49. The summed E-state index contributed by atoms with van der Waals surface area (Å²) in [7, 11) is 0. The highest BCUT2D eigenvalue weighted by atomic mass is 16.5. The molecule has 4 heteroatoms. The van der Waals surface area contributed by atoms with Gasteiger partial charge in [-0.1, -0.05) is 6.92 Å². The Bertz CT molecular complexity index is 503. The fourth-order valence-electron chi connectivity index (χ4n) is 6.49. The minimum atomic E-state index is -0.196. The molecule has 0 aromatic rings. The second-order valence-corrected chi connectivity index (χ2v) is 8.01. The van der Waals surface area contributed by atoms with Gasteiger partial charge in [-0.15, -0.1) is 0 Å². The summed E-state index contributed by atoms with van der Waals surface area (Å²) in [6.07, 6.45) is 6.27. The van der Waals surface area contributed by atoms with Gasteiger partial charge in [-0.05, 0) is 57.0 Å². The Kier molecular flexibility index (Phi) is 3.37. The zero-order valence-corrected chi connectivity index (χ0v) is 13.7. The average molecular weight is 305 g/mol. The van der Waals surface area contributed by atoms with Crippen molar-refractivity contribution >= 4 is 11.8 Å². The van der Waals surface area contributed by atoms with Gasteiger partial charge >= 0.3 is 5.97 Å². The van der Waals surface area contributed by atoms with Crippen LogP contribution in [-0.4, -0.2) is 41.4 Å². The smallest absolute Gasteiger partial charge is 0.302 e. The molecule has 4 rings (SSSR count). The second kappa shape index (κ2) is 5.05. The lowest BCUT2D eigenvalue weighted by Crippen LogP contribution is -2.73. The Morgan fingerprint density at radius 3 is 2.73 bits per heavy atom. The molecule has 0 aromatic carbocycles. The van der Waals surface area contributed by atoms with Crippen LogP contribution >= 0.6 is 0 Å². The first kappa shape index (κ1) is 14.7. The molecule has 122 valence electrons. The topological polar surface area (TPSA) is 46.6 Å². The van der Waals surface area contributed by atoms with Crippen molar-refractivity contribution in [1.82, 2.24) is 4.90 Å². The molecule has 0 amide bonds. The molecule has 6 atom stereocenters. The van der Waals surface area contributed by atoms with Gasteiger partial charge in [0.05, 0.1) is 0 Å². The van der Waals surface area contributed by atoms with Gasteiger partial charge in [0, 0.05) is 30.7 Å². The predicted octanol–water partition coefficient (Wildman–Crippen LogP) is 2.41. The minimum Gasteiger partial charge on any atom is -0.462 e. The van der Waals surface area contributed by atoms with Crippen LogP contribution < -0.4 is 0 Å². The minimum absolute atomic E-state index is 0.0556. The number of carbonyl (C=O) groups excluding carboxylic acids is 2. The van der Waals surface area contributed by atoms with Crippen LogP contribution in [0.3, 0.4) is 0 Å². The molecule has 2 saturated carbocycles. The largest absolute Gasteiger partial charge is 0.462 e. The lowest BCUT2D eigenvalue weighted by atomic mass is 9.48. The summed E-state index contributed by atoms with van der Waals surface area (Å²) in [5.74, 6) is 1.64. The van der Waals surface area contributed by atoms with Crippen LogP contribution in [0.4, 0.5) is 0 Å². The maximum atomic E-state index is 12.8. The van der Waals surface area contributed by atoms with Crippen molar-refractivity contribution in [1.29, 1.82) is 0 Å². The van der Waals surface area contributed by atoms with Crippen molar-refractivity contribution < 1.29 is 14.3 Å². The van der Waals surface area contributed by atoms with Crippen molar-refractivity contribution in [3.8, 4) is 0 Å². The summed E-state index contributed by atoms with van der Waals surface area (Å²) in [6.45, 7) is 6.02. The van der Waals surface area contributed by atoms with Gasteiger partial charge in [0.25, 0.3) is 0 Å². The number of nitrogens with zero attached hydrogens (tertiary/aromatic N) is 1. The maximum absolute atomic E-state index is 12.8. The Labute approximate surface area is 132 Å². The normalized spacial score (nSPS) is 47.7. The van der Waals surface area contributed by atoms with E-state index in [1.807, 2.05) is 0 Å². The van der Waals surface area contributed by atoms with Crippen LogP contribution in [-0.2, 0) is 14.3 Å². The molecule has 0 N–H and O–H groups in total. The lowest BCUT2D eigenvalue weighted by Gasteiger charge is -2.67. The van der Waals surface area contributed by atoms with Crippen molar-refractivity contribution in [3.05, 3.63) is 0 Å². The standard InChI is InChI=1S/C18H27NO3/c1-11-10-18-14-5-3-7-19(18)8-4-6-15(18)16(21)9-13(14)17(11)22-12(2)20/h11,13-15,17H,3-10H2,1-2H3/t11-,13-,14-,15+,17+,18+/m1/s1. The van der Waals surface area contributed by atoms with E-state index in [2.05, 4.69) is 11.8 Å². The highest BCUT2D eigenvalue weighted by molar-refractivity contribution is 5.84. The molecular weight excluding hydrogens is 278 g/mol. The molecule has 2 saturated heterocycles. The first-order valence-corrected chi connectivity index (χ1v) is 8.99. The Morgan fingerprint density at radius 1 is 1.27 bits per heavy atom.